The van der Waals surface area contributed by atoms with E-state index in [-0.39, 0.29) is 5.91 Å². The molecule has 2 aromatic rings. The third-order valence-corrected chi connectivity index (χ3v) is 4.06. The number of anilines is 2. The largest absolute Gasteiger partial charge is 0.326 e. The SMILES string of the molecule is Cc1ccccc1NC(=O)C(C)NC(=O)Nc1ccc(Cl)c(Cl)c1. The van der Waals surface area contributed by atoms with Crippen LogP contribution < -0.4 is 16.0 Å². The zero-order valence-electron chi connectivity index (χ0n) is 13.2. The van der Waals surface area contributed by atoms with Crippen molar-refractivity contribution in [1.82, 2.24) is 5.32 Å². The topological polar surface area (TPSA) is 70.2 Å². The van der Waals surface area contributed by atoms with Crippen molar-refractivity contribution in [3.05, 3.63) is 58.1 Å². The van der Waals surface area contributed by atoms with Crippen LogP contribution in [-0.2, 0) is 4.79 Å². The van der Waals surface area contributed by atoms with Gasteiger partial charge in [-0.25, -0.2) is 4.79 Å². The number of para-hydroxylation sites is 1. The lowest BCUT2D eigenvalue weighted by atomic mass is 10.2. The van der Waals surface area contributed by atoms with Crippen LogP contribution in [0.2, 0.25) is 10.0 Å². The molecule has 2 aromatic carbocycles. The second kappa shape index (κ2) is 8.04. The Kier molecular flexibility index (Phi) is 6.06. The molecule has 3 amide bonds. The first-order valence-corrected chi connectivity index (χ1v) is 8.01. The highest BCUT2D eigenvalue weighted by atomic mass is 35.5. The summed E-state index contributed by atoms with van der Waals surface area (Å²) in [5.74, 6) is -0.311. The molecule has 3 N–H and O–H groups in total. The van der Waals surface area contributed by atoms with Crippen molar-refractivity contribution in [1.29, 1.82) is 0 Å². The Bertz CT molecular complexity index is 765. The van der Waals surface area contributed by atoms with Crippen LogP contribution in [0.3, 0.4) is 0 Å². The summed E-state index contributed by atoms with van der Waals surface area (Å²) < 4.78 is 0. The number of aryl methyl sites for hydroxylation is 1. The van der Waals surface area contributed by atoms with Gasteiger partial charge in [0.05, 0.1) is 10.0 Å². The number of hydrogen-bond donors (Lipinski definition) is 3. The Balaban J connectivity index is 1.92. The van der Waals surface area contributed by atoms with Crippen LogP contribution in [0.1, 0.15) is 12.5 Å². The third kappa shape index (κ3) is 4.88. The number of nitrogens with one attached hydrogen (secondary N) is 3. The first kappa shape index (κ1) is 18.1. The molecular weight excluding hydrogens is 349 g/mol. The molecule has 0 heterocycles. The van der Waals surface area contributed by atoms with Gasteiger partial charge in [-0.05, 0) is 43.7 Å². The number of halogens is 2. The van der Waals surface area contributed by atoms with Crippen molar-refractivity contribution in [2.75, 3.05) is 10.6 Å². The minimum atomic E-state index is -0.715. The minimum absolute atomic E-state index is 0.311. The van der Waals surface area contributed by atoms with Crippen molar-refractivity contribution in [3.63, 3.8) is 0 Å². The van der Waals surface area contributed by atoms with E-state index in [0.29, 0.717) is 21.4 Å². The number of urea groups is 1. The molecule has 0 aliphatic heterocycles. The fourth-order valence-electron chi connectivity index (χ4n) is 1.96. The monoisotopic (exact) mass is 365 g/mol. The molecule has 2 rings (SSSR count). The van der Waals surface area contributed by atoms with Crippen LogP contribution in [0.5, 0.6) is 0 Å². The van der Waals surface area contributed by atoms with Gasteiger partial charge in [-0.3, -0.25) is 4.79 Å². The highest BCUT2D eigenvalue weighted by Gasteiger charge is 2.16. The summed E-state index contributed by atoms with van der Waals surface area (Å²) in [4.78, 5) is 24.1. The molecular formula is C17H17Cl2N3O2. The summed E-state index contributed by atoms with van der Waals surface area (Å²) in [6.07, 6.45) is 0. The smallest absolute Gasteiger partial charge is 0.319 e. The Morgan fingerprint density at radius 2 is 1.71 bits per heavy atom. The summed E-state index contributed by atoms with van der Waals surface area (Å²) in [6, 6.07) is 10.9. The van der Waals surface area contributed by atoms with E-state index in [1.54, 1.807) is 25.1 Å². The van der Waals surface area contributed by atoms with E-state index in [1.165, 1.54) is 6.07 Å². The molecule has 24 heavy (non-hydrogen) atoms. The van der Waals surface area contributed by atoms with Gasteiger partial charge in [-0.1, -0.05) is 41.4 Å². The van der Waals surface area contributed by atoms with E-state index in [1.807, 2.05) is 25.1 Å². The van der Waals surface area contributed by atoms with Crippen LogP contribution in [0, 0.1) is 6.92 Å². The molecule has 126 valence electrons. The van der Waals surface area contributed by atoms with E-state index in [4.69, 9.17) is 23.2 Å². The third-order valence-electron chi connectivity index (χ3n) is 3.32. The van der Waals surface area contributed by atoms with Gasteiger partial charge >= 0.3 is 6.03 Å². The predicted molar refractivity (Wildman–Crippen MR) is 97.9 cm³/mol. The Labute approximate surface area is 150 Å². The van der Waals surface area contributed by atoms with Crippen molar-refractivity contribution in [3.8, 4) is 0 Å². The van der Waals surface area contributed by atoms with E-state index >= 15 is 0 Å². The molecule has 1 atom stereocenters. The number of hydrogen-bond acceptors (Lipinski definition) is 2. The number of carbonyl (C=O) groups excluding carboxylic acids is 2. The lowest BCUT2D eigenvalue weighted by molar-refractivity contribution is -0.117. The lowest BCUT2D eigenvalue weighted by Crippen LogP contribution is -2.43. The van der Waals surface area contributed by atoms with Gasteiger partial charge in [-0.15, -0.1) is 0 Å². The van der Waals surface area contributed by atoms with Gasteiger partial charge in [0.15, 0.2) is 0 Å². The fourth-order valence-corrected chi connectivity index (χ4v) is 2.26. The van der Waals surface area contributed by atoms with Gasteiger partial charge in [-0.2, -0.15) is 0 Å². The van der Waals surface area contributed by atoms with Gasteiger partial charge in [0, 0.05) is 11.4 Å². The number of carbonyl (C=O) groups is 2. The molecule has 0 radical (unpaired) electrons. The second-order valence-corrected chi connectivity index (χ2v) is 6.07. The van der Waals surface area contributed by atoms with Crippen molar-refractivity contribution < 1.29 is 9.59 Å². The van der Waals surface area contributed by atoms with Crippen molar-refractivity contribution in [2.24, 2.45) is 0 Å². The summed E-state index contributed by atoms with van der Waals surface area (Å²) in [5, 5.41) is 8.67. The zero-order chi connectivity index (χ0) is 17.7. The van der Waals surface area contributed by atoms with Gasteiger partial charge in [0.25, 0.3) is 0 Å². The molecule has 0 aliphatic carbocycles. The molecule has 0 aliphatic rings. The molecule has 7 heteroatoms. The second-order valence-electron chi connectivity index (χ2n) is 5.25. The van der Waals surface area contributed by atoms with E-state index < -0.39 is 12.1 Å². The van der Waals surface area contributed by atoms with E-state index in [0.717, 1.165) is 5.56 Å². The van der Waals surface area contributed by atoms with Gasteiger partial charge in [0.2, 0.25) is 5.91 Å². The van der Waals surface area contributed by atoms with Crippen LogP contribution in [0.25, 0.3) is 0 Å². The minimum Gasteiger partial charge on any atom is -0.326 e. The van der Waals surface area contributed by atoms with Crippen LogP contribution in [0.15, 0.2) is 42.5 Å². The molecule has 5 nitrogen and oxygen atoms in total. The normalized spacial score (nSPS) is 11.5. The highest BCUT2D eigenvalue weighted by Crippen LogP contribution is 2.24. The van der Waals surface area contributed by atoms with E-state index in [2.05, 4.69) is 16.0 Å². The maximum absolute atomic E-state index is 12.2. The maximum atomic E-state index is 12.2. The molecule has 1 unspecified atom stereocenters. The molecule has 0 bridgehead atoms. The summed E-state index contributed by atoms with van der Waals surface area (Å²) in [6.45, 7) is 3.49. The van der Waals surface area contributed by atoms with Gasteiger partial charge < -0.3 is 16.0 Å². The fraction of sp³-hybridized carbons (Fsp3) is 0.176. The summed E-state index contributed by atoms with van der Waals surface area (Å²) >= 11 is 11.7. The highest BCUT2D eigenvalue weighted by molar-refractivity contribution is 6.42. The van der Waals surface area contributed by atoms with Crippen molar-refractivity contribution in [2.45, 2.75) is 19.9 Å². The lowest BCUT2D eigenvalue weighted by Gasteiger charge is -2.16. The molecule has 0 saturated carbocycles. The number of rotatable bonds is 4. The standard InChI is InChI=1S/C17H17Cl2N3O2/c1-10-5-3-4-6-15(10)22-16(23)11(2)20-17(24)21-12-7-8-13(18)14(19)9-12/h3-9,11H,1-2H3,(H,22,23)(H2,20,21,24). The molecule has 0 saturated heterocycles. The summed E-state index contributed by atoms with van der Waals surface area (Å²) in [7, 11) is 0. The van der Waals surface area contributed by atoms with Crippen LogP contribution in [0.4, 0.5) is 16.2 Å². The molecule has 0 aromatic heterocycles. The van der Waals surface area contributed by atoms with Crippen LogP contribution >= 0.6 is 23.2 Å². The Morgan fingerprint density at radius 3 is 2.38 bits per heavy atom. The average molecular weight is 366 g/mol. The predicted octanol–water partition coefficient (Wildman–Crippen LogP) is 4.45. The molecule has 0 spiro atoms. The van der Waals surface area contributed by atoms with Gasteiger partial charge in [0.1, 0.15) is 6.04 Å². The maximum Gasteiger partial charge on any atom is 0.319 e. The quantitative estimate of drug-likeness (QED) is 0.748. The molecule has 0 fully saturated rings. The Hall–Kier alpha value is -2.24. The number of benzene rings is 2. The van der Waals surface area contributed by atoms with E-state index in [9.17, 15) is 9.59 Å². The zero-order valence-corrected chi connectivity index (χ0v) is 14.7. The van der Waals surface area contributed by atoms with Crippen LogP contribution in [-0.4, -0.2) is 18.0 Å². The first-order valence-electron chi connectivity index (χ1n) is 7.26. The Morgan fingerprint density at radius 1 is 1.00 bits per heavy atom. The van der Waals surface area contributed by atoms with Crippen molar-refractivity contribution >= 4 is 46.5 Å². The summed E-state index contributed by atoms with van der Waals surface area (Å²) in [5.41, 5.74) is 2.13. The first-order chi connectivity index (χ1) is 11.4. The average Bonchev–Trinajstić information content (AvgIpc) is 2.53. The number of amides is 3.